The zero-order valence-corrected chi connectivity index (χ0v) is 22.6. The van der Waals surface area contributed by atoms with Crippen molar-refractivity contribution in [3.05, 3.63) is 83.9 Å². The number of hydrogen-bond donors (Lipinski definition) is 2. The number of benzene rings is 3. The Kier molecular flexibility index (Phi) is 12.2. The molecule has 3 aromatic rings. The quantitative estimate of drug-likeness (QED) is 0.189. The van der Waals surface area contributed by atoms with Gasteiger partial charge in [0.05, 0.1) is 13.2 Å². The van der Waals surface area contributed by atoms with Gasteiger partial charge in [-0.25, -0.2) is 0 Å². The van der Waals surface area contributed by atoms with Crippen LogP contribution in [-0.4, -0.2) is 25.0 Å². The van der Waals surface area contributed by atoms with Crippen molar-refractivity contribution >= 4 is 23.2 Å². The van der Waals surface area contributed by atoms with Gasteiger partial charge in [-0.15, -0.1) is 0 Å². The summed E-state index contributed by atoms with van der Waals surface area (Å²) in [5.74, 6) is 0.969. The number of unbranched alkanes of at least 4 members (excludes halogenated alkanes) is 6. The molecule has 0 saturated carbocycles. The second kappa shape index (κ2) is 16.1. The zero-order chi connectivity index (χ0) is 27.0. The number of ether oxygens (including phenoxy) is 2. The molecule has 202 valence electrons. The molecular formula is C32H40N2O4. The lowest BCUT2D eigenvalue weighted by Gasteiger charge is -2.10. The Balaban J connectivity index is 1.50. The van der Waals surface area contributed by atoms with Gasteiger partial charge in [-0.05, 0) is 61.4 Å². The fourth-order valence-corrected chi connectivity index (χ4v) is 3.94. The first-order chi connectivity index (χ1) is 18.6. The number of hydrogen-bond acceptors (Lipinski definition) is 4. The second-order valence-electron chi connectivity index (χ2n) is 9.36. The van der Waals surface area contributed by atoms with Gasteiger partial charge in [-0.2, -0.15) is 0 Å². The van der Waals surface area contributed by atoms with Gasteiger partial charge in [0.2, 0.25) is 0 Å². The topological polar surface area (TPSA) is 76.7 Å². The predicted molar refractivity (Wildman–Crippen MR) is 155 cm³/mol. The summed E-state index contributed by atoms with van der Waals surface area (Å²) in [6, 6.07) is 21.4. The van der Waals surface area contributed by atoms with Crippen LogP contribution in [0.4, 0.5) is 11.4 Å². The fourth-order valence-electron chi connectivity index (χ4n) is 3.94. The van der Waals surface area contributed by atoms with Crippen LogP contribution in [0.25, 0.3) is 0 Å². The summed E-state index contributed by atoms with van der Waals surface area (Å²) in [6.45, 7) is 5.69. The average molecular weight is 517 g/mol. The van der Waals surface area contributed by atoms with E-state index < -0.39 is 0 Å². The van der Waals surface area contributed by atoms with Crippen LogP contribution < -0.4 is 20.1 Å². The van der Waals surface area contributed by atoms with E-state index >= 15 is 0 Å². The van der Waals surface area contributed by atoms with E-state index in [-0.39, 0.29) is 11.8 Å². The van der Waals surface area contributed by atoms with Crippen molar-refractivity contribution < 1.29 is 19.1 Å². The van der Waals surface area contributed by atoms with Crippen LogP contribution in [0, 0.1) is 0 Å². The average Bonchev–Trinajstić information content (AvgIpc) is 2.93. The number of rotatable bonds is 16. The molecule has 2 N–H and O–H groups in total. The Labute approximate surface area is 226 Å². The highest BCUT2D eigenvalue weighted by molar-refractivity contribution is 6.07. The van der Waals surface area contributed by atoms with Gasteiger partial charge in [0.25, 0.3) is 11.8 Å². The van der Waals surface area contributed by atoms with Crippen LogP contribution in [-0.2, 0) is 0 Å². The molecule has 38 heavy (non-hydrogen) atoms. The third kappa shape index (κ3) is 9.92. The smallest absolute Gasteiger partial charge is 0.255 e. The Morgan fingerprint density at radius 2 is 1.00 bits per heavy atom. The second-order valence-corrected chi connectivity index (χ2v) is 9.36. The van der Waals surface area contributed by atoms with Crippen LogP contribution in [0.2, 0.25) is 0 Å². The molecule has 0 unspecified atom stereocenters. The minimum Gasteiger partial charge on any atom is -0.494 e. The highest BCUT2D eigenvalue weighted by atomic mass is 16.5. The summed E-state index contributed by atoms with van der Waals surface area (Å²) in [5.41, 5.74) is 2.25. The maximum atomic E-state index is 12.7. The molecule has 3 rings (SSSR count). The number of amides is 2. The van der Waals surface area contributed by atoms with Gasteiger partial charge in [-0.1, -0.05) is 64.5 Å². The van der Waals surface area contributed by atoms with Crippen molar-refractivity contribution in [2.45, 2.75) is 65.2 Å². The molecule has 2 amide bonds. The molecule has 0 radical (unpaired) electrons. The molecule has 0 aromatic heterocycles. The lowest BCUT2D eigenvalue weighted by Crippen LogP contribution is -2.14. The molecule has 0 aliphatic carbocycles. The summed E-state index contributed by atoms with van der Waals surface area (Å²) >= 11 is 0. The van der Waals surface area contributed by atoms with Crippen LogP contribution in [0.15, 0.2) is 72.8 Å². The summed E-state index contributed by atoms with van der Waals surface area (Å²) in [7, 11) is 0. The van der Waals surface area contributed by atoms with Gasteiger partial charge in [0, 0.05) is 34.6 Å². The first-order valence-corrected chi connectivity index (χ1v) is 13.8. The van der Waals surface area contributed by atoms with E-state index in [9.17, 15) is 9.59 Å². The molecule has 3 aromatic carbocycles. The summed E-state index contributed by atoms with van der Waals surface area (Å²) in [5, 5.41) is 5.80. The van der Waals surface area contributed by atoms with E-state index in [1.54, 1.807) is 24.3 Å². The Bertz CT molecular complexity index is 1050. The number of carbonyl (C=O) groups is 2. The normalized spacial score (nSPS) is 10.6. The van der Waals surface area contributed by atoms with Crippen molar-refractivity contribution in [1.82, 2.24) is 0 Å². The highest BCUT2D eigenvalue weighted by Gasteiger charge is 2.11. The van der Waals surface area contributed by atoms with Gasteiger partial charge in [0.15, 0.2) is 0 Å². The van der Waals surface area contributed by atoms with Crippen molar-refractivity contribution in [3.63, 3.8) is 0 Å². The predicted octanol–water partition coefficient (Wildman–Crippen LogP) is 8.11. The van der Waals surface area contributed by atoms with Crippen molar-refractivity contribution in [3.8, 4) is 11.5 Å². The molecule has 0 aliphatic rings. The standard InChI is InChI=1S/C32H40N2O4/c1-3-5-7-9-21-37-29-15-11-13-27(23-29)33-31(35)25-17-19-26(20-18-25)32(36)34-28-14-12-16-30(24-28)38-22-10-8-6-4-2/h11-20,23-24H,3-10,21-22H2,1-2H3,(H,33,35)(H,34,36). The maximum Gasteiger partial charge on any atom is 0.255 e. The van der Waals surface area contributed by atoms with Gasteiger partial charge in [-0.3, -0.25) is 9.59 Å². The van der Waals surface area contributed by atoms with Crippen LogP contribution in [0.3, 0.4) is 0 Å². The summed E-state index contributed by atoms with van der Waals surface area (Å²) < 4.78 is 11.6. The largest absolute Gasteiger partial charge is 0.494 e. The number of carbonyl (C=O) groups excluding carboxylic acids is 2. The van der Waals surface area contributed by atoms with Crippen LogP contribution in [0.5, 0.6) is 11.5 Å². The minimum atomic E-state index is -0.249. The molecule has 0 saturated heterocycles. The summed E-state index contributed by atoms with van der Waals surface area (Å²) in [4.78, 5) is 25.5. The van der Waals surface area contributed by atoms with E-state index in [1.807, 2.05) is 48.5 Å². The SMILES string of the molecule is CCCCCCOc1cccc(NC(=O)c2ccc(C(=O)Nc3cccc(OCCCCCC)c3)cc2)c1. The third-order valence-corrected chi connectivity index (χ3v) is 6.13. The summed E-state index contributed by atoms with van der Waals surface area (Å²) in [6.07, 6.45) is 9.14. The van der Waals surface area contributed by atoms with E-state index in [0.29, 0.717) is 35.7 Å². The lowest BCUT2D eigenvalue weighted by molar-refractivity contribution is 0.101. The van der Waals surface area contributed by atoms with Crippen LogP contribution >= 0.6 is 0 Å². The van der Waals surface area contributed by atoms with Gasteiger partial charge < -0.3 is 20.1 Å². The number of anilines is 2. The zero-order valence-electron chi connectivity index (χ0n) is 22.6. The minimum absolute atomic E-state index is 0.249. The first kappa shape index (κ1) is 28.8. The monoisotopic (exact) mass is 516 g/mol. The fraction of sp³-hybridized carbons (Fsp3) is 0.375. The van der Waals surface area contributed by atoms with Crippen molar-refractivity contribution in [2.75, 3.05) is 23.8 Å². The lowest BCUT2D eigenvalue weighted by atomic mass is 10.1. The van der Waals surface area contributed by atoms with E-state index in [4.69, 9.17) is 9.47 Å². The molecule has 0 heterocycles. The molecule has 0 bridgehead atoms. The van der Waals surface area contributed by atoms with Gasteiger partial charge >= 0.3 is 0 Å². The third-order valence-electron chi connectivity index (χ3n) is 6.13. The van der Waals surface area contributed by atoms with E-state index in [2.05, 4.69) is 24.5 Å². The Morgan fingerprint density at radius 3 is 1.39 bits per heavy atom. The first-order valence-electron chi connectivity index (χ1n) is 13.8. The van der Waals surface area contributed by atoms with E-state index in [1.165, 1.54) is 25.7 Å². The Morgan fingerprint density at radius 1 is 0.579 bits per heavy atom. The molecule has 0 atom stereocenters. The molecule has 6 nitrogen and oxygen atoms in total. The van der Waals surface area contributed by atoms with Crippen molar-refractivity contribution in [1.29, 1.82) is 0 Å². The highest BCUT2D eigenvalue weighted by Crippen LogP contribution is 2.20. The molecule has 0 aliphatic heterocycles. The van der Waals surface area contributed by atoms with Gasteiger partial charge in [0.1, 0.15) is 11.5 Å². The van der Waals surface area contributed by atoms with Crippen molar-refractivity contribution in [2.24, 2.45) is 0 Å². The molecular weight excluding hydrogens is 476 g/mol. The molecule has 6 heteroatoms. The number of nitrogens with one attached hydrogen (secondary N) is 2. The molecule has 0 fully saturated rings. The maximum absolute atomic E-state index is 12.7. The molecule has 0 spiro atoms. The van der Waals surface area contributed by atoms with Crippen LogP contribution in [0.1, 0.15) is 85.9 Å². The van der Waals surface area contributed by atoms with E-state index in [0.717, 1.165) is 37.2 Å². The Hall–Kier alpha value is -3.80.